The van der Waals surface area contributed by atoms with Crippen molar-refractivity contribution in [2.24, 2.45) is 0 Å². The van der Waals surface area contributed by atoms with E-state index in [0.29, 0.717) is 5.25 Å². The Morgan fingerprint density at radius 2 is 1.10 bits per heavy atom. The molecule has 0 radical (unpaired) electrons. The highest BCUT2D eigenvalue weighted by atomic mass is 32.2. The van der Waals surface area contributed by atoms with Crippen molar-refractivity contribution < 1.29 is 4.42 Å². The van der Waals surface area contributed by atoms with Crippen LogP contribution >= 0.6 is 11.8 Å². The zero-order valence-corrected chi connectivity index (χ0v) is 44.6. The molecule has 1 fully saturated rings. The van der Waals surface area contributed by atoms with Crippen molar-refractivity contribution in [3.63, 3.8) is 0 Å². The lowest BCUT2D eigenvalue weighted by Gasteiger charge is -2.47. The van der Waals surface area contributed by atoms with E-state index in [1.807, 2.05) is 0 Å². The largest absolute Gasteiger partial charge is 0.456 e. The van der Waals surface area contributed by atoms with E-state index in [9.17, 15) is 0 Å². The van der Waals surface area contributed by atoms with Crippen LogP contribution in [-0.4, -0.2) is 17.7 Å². The number of hydrogen-bond acceptors (Lipinski definition) is 4. The molecule has 5 aliphatic rings. The molecular weight excluding hydrogens is 856 g/mol. The Morgan fingerprint density at radius 3 is 1.74 bits per heavy atom. The van der Waals surface area contributed by atoms with Gasteiger partial charge in [0.25, 0.3) is 6.71 Å². The minimum absolute atomic E-state index is 0.00259. The third-order valence-electron chi connectivity index (χ3n) is 17.5. The van der Waals surface area contributed by atoms with Crippen LogP contribution in [0.1, 0.15) is 162 Å². The molecule has 12 rings (SSSR count). The molecule has 0 bridgehead atoms. The molecule has 1 saturated heterocycles. The maximum atomic E-state index is 6.70. The molecule has 7 aromatic rings. The van der Waals surface area contributed by atoms with Crippen LogP contribution in [0.3, 0.4) is 0 Å². The summed E-state index contributed by atoms with van der Waals surface area (Å²) in [5, 5.41) is 2.68. The minimum atomic E-state index is -0.128. The van der Waals surface area contributed by atoms with E-state index in [-0.39, 0.29) is 39.2 Å². The lowest BCUT2D eigenvalue weighted by Crippen LogP contribution is -2.56. The minimum Gasteiger partial charge on any atom is -0.456 e. The fraction of sp³-hybridized carbons (Fsp3) is 0.406. The molecule has 0 N–H and O–H groups in total. The molecule has 5 heteroatoms. The van der Waals surface area contributed by atoms with E-state index in [2.05, 4.69) is 228 Å². The zero-order chi connectivity index (χ0) is 48.5. The summed E-state index contributed by atoms with van der Waals surface area (Å²) in [6.07, 6.45) is 4.76. The van der Waals surface area contributed by atoms with E-state index in [1.165, 1.54) is 109 Å². The van der Waals surface area contributed by atoms with Gasteiger partial charge in [0.05, 0.1) is 16.3 Å². The third-order valence-corrected chi connectivity index (χ3v) is 18.4. The predicted molar refractivity (Wildman–Crippen MR) is 300 cm³/mol. The fourth-order valence-electron chi connectivity index (χ4n) is 12.9. The van der Waals surface area contributed by atoms with Crippen LogP contribution in [0.25, 0.3) is 27.4 Å². The molecule has 1 aromatic heterocycles. The van der Waals surface area contributed by atoms with E-state index in [4.69, 9.17) is 4.42 Å². The van der Waals surface area contributed by atoms with Crippen molar-refractivity contribution in [2.75, 3.05) is 15.6 Å². The molecule has 0 saturated carbocycles. The van der Waals surface area contributed by atoms with Crippen molar-refractivity contribution in [1.29, 1.82) is 0 Å². The quantitative estimate of drug-likeness (QED) is 0.129. The Morgan fingerprint density at radius 1 is 0.536 bits per heavy atom. The van der Waals surface area contributed by atoms with Crippen LogP contribution in [0.4, 0.5) is 28.4 Å². The average molecular weight is 927 g/mol. The van der Waals surface area contributed by atoms with Crippen molar-refractivity contribution in [3.05, 3.63) is 154 Å². The smallest absolute Gasteiger partial charge is 0.252 e. The fourth-order valence-corrected chi connectivity index (χ4v) is 13.6. The molecule has 0 spiro atoms. The van der Waals surface area contributed by atoms with Gasteiger partial charge in [0.15, 0.2) is 0 Å². The number of furan rings is 1. The van der Waals surface area contributed by atoms with Crippen LogP contribution in [0.2, 0.25) is 0 Å². The molecular formula is C64H71BN2OS. The number of thioether (sulfide) groups is 1. The highest BCUT2D eigenvalue weighted by Crippen LogP contribution is 2.56. The standard InChI is InChI=1S/C64H71BN2OS/c1-59(2,3)39-23-27-47-49(33-39)67(48-19-17-21-53-55(48)42-18-15-16-20-52(42)68-53)51-35-40(60(4,5)6)34-50-57(51)65(47)56(38-22-25-43-45(32-38)63(11,12)30-28-61(43,7)8)58(54-37-69-54)66(50)41-24-26-44-46(36-41)64(13,14)31-29-62(44,9)10/h15-27,32-36,54H,28-31,37H2,1-14H3. The molecule has 352 valence electrons. The normalized spacial score (nSPS) is 20.7. The second kappa shape index (κ2) is 14.7. The highest BCUT2D eigenvalue weighted by molar-refractivity contribution is 8.07. The molecule has 3 nitrogen and oxygen atoms in total. The summed E-state index contributed by atoms with van der Waals surface area (Å²) in [4.78, 5) is 5.45. The summed E-state index contributed by atoms with van der Waals surface area (Å²) in [7, 11) is 0. The number of anilines is 5. The zero-order valence-electron chi connectivity index (χ0n) is 43.8. The van der Waals surface area contributed by atoms with Gasteiger partial charge in [-0.15, -0.1) is 11.8 Å². The topological polar surface area (TPSA) is 19.6 Å². The lowest BCUT2D eigenvalue weighted by atomic mass is 9.31. The van der Waals surface area contributed by atoms with Crippen molar-refractivity contribution in [1.82, 2.24) is 0 Å². The molecule has 1 unspecified atom stereocenters. The molecule has 2 aliphatic carbocycles. The predicted octanol–water partition coefficient (Wildman–Crippen LogP) is 16.5. The summed E-state index contributed by atoms with van der Waals surface area (Å²) in [5.41, 5.74) is 24.1. The van der Waals surface area contributed by atoms with Gasteiger partial charge in [0.1, 0.15) is 11.2 Å². The van der Waals surface area contributed by atoms with E-state index in [1.54, 1.807) is 0 Å². The van der Waals surface area contributed by atoms with Gasteiger partial charge in [-0.05, 0) is 162 Å². The Kier molecular flexibility index (Phi) is 9.61. The van der Waals surface area contributed by atoms with Gasteiger partial charge in [-0.2, -0.15) is 0 Å². The monoisotopic (exact) mass is 927 g/mol. The van der Waals surface area contributed by atoms with Gasteiger partial charge < -0.3 is 14.2 Å². The molecule has 69 heavy (non-hydrogen) atoms. The van der Waals surface area contributed by atoms with E-state index < -0.39 is 0 Å². The highest BCUT2D eigenvalue weighted by Gasteiger charge is 2.50. The van der Waals surface area contributed by atoms with Crippen molar-refractivity contribution >= 4 is 85.2 Å². The molecule has 0 amide bonds. The average Bonchev–Trinajstić information content (AvgIpc) is 4.07. The van der Waals surface area contributed by atoms with Crippen molar-refractivity contribution in [3.8, 4) is 0 Å². The number of fused-ring (bicyclic) bond motifs is 7. The maximum absolute atomic E-state index is 6.70. The summed E-state index contributed by atoms with van der Waals surface area (Å²) in [6, 6.07) is 43.3. The van der Waals surface area contributed by atoms with E-state index in [0.717, 1.165) is 33.4 Å². The van der Waals surface area contributed by atoms with Gasteiger partial charge in [-0.25, -0.2) is 0 Å². The molecule has 6 aromatic carbocycles. The first kappa shape index (κ1) is 45.0. The molecule has 4 heterocycles. The number of para-hydroxylation sites is 1. The first-order valence-corrected chi connectivity index (χ1v) is 27.0. The summed E-state index contributed by atoms with van der Waals surface area (Å²) in [5.74, 6) is 1.12. The van der Waals surface area contributed by atoms with Crippen LogP contribution in [0.15, 0.2) is 119 Å². The molecule has 1 atom stereocenters. The maximum Gasteiger partial charge on any atom is 0.252 e. The van der Waals surface area contributed by atoms with Gasteiger partial charge in [0, 0.05) is 39.6 Å². The second-order valence-corrected chi connectivity index (χ2v) is 27.4. The Bertz CT molecular complexity index is 3340. The van der Waals surface area contributed by atoms with Gasteiger partial charge in [-0.1, -0.05) is 158 Å². The number of rotatable bonds is 4. The van der Waals surface area contributed by atoms with Crippen LogP contribution in [0.5, 0.6) is 0 Å². The van der Waals surface area contributed by atoms with Gasteiger partial charge in [0.2, 0.25) is 0 Å². The summed E-state index contributed by atoms with van der Waals surface area (Å²) < 4.78 is 6.70. The van der Waals surface area contributed by atoms with Crippen LogP contribution in [0, 0.1) is 0 Å². The Labute approximate surface area is 417 Å². The lowest BCUT2D eigenvalue weighted by molar-refractivity contribution is 0.332. The summed E-state index contributed by atoms with van der Waals surface area (Å²) >= 11 is 2.12. The molecule has 3 aliphatic heterocycles. The first-order chi connectivity index (χ1) is 32.4. The number of benzene rings is 6. The van der Waals surface area contributed by atoms with Crippen LogP contribution in [-0.2, 0) is 32.5 Å². The SMILES string of the molecule is CC(C)(C)c1ccc2c(c1)N(c1cccc3oc4ccccc4c13)c1cc(C(C)(C)C)cc3c1B2C(c1ccc2c(c1)C(C)(C)CCC2(C)C)=C(C1CS1)N3c1ccc2c(c1)C(C)(C)CCC2(C)C. The Balaban J connectivity index is 1.25. The Hall–Kier alpha value is -5.13. The third kappa shape index (κ3) is 6.89. The number of nitrogens with zero attached hydrogens (tertiary/aromatic N) is 2. The second-order valence-electron chi connectivity index (χ2n) is 26.2. The summed E-state index contributed by atoms with van der Waals surface area (Å²) in [6.45, 7) is 34.1. The van der Waals surface area contributed by atoms with Crippen LogP contribution < -0.4 is 20.7 Å². The van der Waals surface area contributed by atoms with E-state index >= 15 is 0 Å². The van der Waals surface area contributed by atoms with Crippen molar-refractivity contribution in [2.45, 2.75) is 160 Å². The van der Waals surface area contributed by atoms with Gasteiger partial charge >= 0.3 is 0 Å². The number of hydrogen-bond donors (Lipinski definition) is 0. The first-order valence-electron chi connectivity index (χ1n) is 25.9. The van der Waals surface area contributed by atoms with Gasteiger partial charge in [-0.3, -0.25) is 0 Å².